The third-order valence-electron chi connectivity index (χ3n) is 4.51. The van der Waals surface area contributed by atoms with E-state index in [1.165, 1.54) is 11.3 Å². The number of pyridine rings is 1. The van der Waals surface area contributed by atoms with Crippen molar-refractivity contribution in [2.75, 3.05) is 10.6 Å². The zero-order chi connectivity index (χ0) is 21.1. The van der Waals surface area contributed by atoms with Crippen LogP contribution in [0.5, 0.6) is 0 Å². The van der Waals surface area contributed by atoms with Crippen LogP contribution in [0.2, 0.25) is 0 Å². The number of thiazole rings is 1. The lowest BCUT2D eigenvalue weighted by atomic mass is 10.0. The number of nitrogens with one attached hydrogen (secondary N) is 2. The van der Waals surface area contributed by atoms with Crippen molar-refractivity contribution >= 4 is 28.2 Å². The Balaban J connectivity index is 1.71. The van der Waals surface area contributed by atoms with Crippen LogP contribution in [0.15, 0.2) is 66.7 Å². The fraction of sp³-hybridized carbons (Fsp3) is 0.125. The average Bonchev–Trinajstić information content (AvgIpc) is 3.12. The van der Waals surface area contributed by atoms with Gasteiger partial charge in [-0.3, -0.25) is 10.3 Å². The molecule has 2 N–H and O–H groups in total. The van der Waals surface area contributed by atoms with E-state index in [1.807, 2.05) is 68.4 Å². The first-order valence-electron chi connectivity index (χ1n) is 9.64. The van der Waals surface area contributed by atoms with Crippen molar-refractivity contribution in [3.63, 3.8) is 0 Å². The van der Waals surface area contributed by atoms with E-state index in [0.29, 0.717) is 5.13 Å². The van der Waals surface area contributed by atoms with Crippen molar-refractivity contribution in [3.8, 4) is 21.7 Å². The minimum absolute atomic E-state index is 0.320. The number of aromatic nitrogens is 2. The van der Waals surface area contributed by atoms with Crippen molar-refractivity contribution in [1.82, 2.24) is 9.97 Å². The molecule has 0 fully saturated rings. The molecule has 2 heterocycles. The third-order valence-corrected chi connectivity index (χ3v) is 5.53. The predicted octanol–water partition coefficient (Wildman–Crippen LogP) is 6.44. The van der Waals surface area contributed by atoms with Crippen LogP contribution >= 0.6 is 11.3 Å². The molecule has 4 rings (SSSR count). The molecule has 0 saturated heterocycles. The molecule has 0 aliphatic rings. The molecule has 0 bridgehead atoms. The Morgan fingerprint density at radius 2 is 1.53 bits per heavy atom. The van der Waals surface area contributed by atoms with Gasteiger partial charge in [-0.1, -0.05) is 53.3 Å². The Labute approximate surface area is 179 Å². The number of carbonyl (C=O) groups excluding carboxylic acids is 1. The van der Waals surface area contributed by atoms with E-state index >= 15 is 0 Å². The second-order valence-electron chi connectivity index (χ2n) is 7.15. The van der Waals surface area contributed by atoms with Gasteiger partial charge in [0.05, 0.1) is 10.6 Å². The minimum Gasteiger partial charge on any atom is -0.308 e. The molecular formula is C24H22N4OS. The Morgan fingerprint density at radius 3 is 2.23 bits per heavy atom. The lowest BCUT2D eigenvalue weighted by molar-refractivity contribution is 0.262. The van der Waals surface area contributed by atoms with E-state index in [0.717, 1.165) is 44.3 Å². The first-order chi connectivity index (χ1) is 14.5. The Morgan fingerprint density at radius 1 is 0.800 bits per heavy atom. The van der Waals surface area contributed by atoms with Crippen molar-refractivity contribution in [2.24, 2.45) is 0 Å². The number of rotatable bonds is 4. The molecule has 2 amide bonds. The van der Waals surface area contributed by atoms with E-state index in [4.69, 9.17) is 4.98 Å². The maximum absolute atomic E-state index is 12.5. The second-order valence-corrected chi connectivity index (χ2v) is 8.15. The number of urea groups is 1. The topological polar surface area (TPSA) is 66.9 Å². The summed E-state index contributed by atoms with van der Waals surface area (Å²) in [5.41, 5.74) is 6.70. The zero-order valence-electron chi connectivity index (χ0n) is 17.1. The molecule has 6 heteroatoms. The van der Waals surface area contributed by atoms with Crippen molar-refractivity contribution in [3.05, 3.63) is 83.7 Å². The summed E-state index contributed by atoms with van der Waals surface area (Å²) in [6.07, 6.45) is 0. The van der Waals surface area contributed by atoms with Gasteiger partial charge < -0.3 is 5.32 Å². The molecule has 5 nitrogen and oxygen atoms in total. The summed E-state index contributed by atoms with van der Waals surface area (Å²) < 4.78 is 0. The highest BCUT2D eigenvalue weighted by molar-refractivity contribution is 7.19. The fourth-order valence-corrected chi connectivity index (χ4v) is 4.27. The molecule has 0 atom stereocenters. The Kier molecular flexibility index (Phi) is 5.59. The van der Waals surface area contributed by atoms with Gasteiger partial charge in [0, 0.05) is 22.6 Å². The highest BCUT2D eigenvalue weighted by Crippen LogP contribution is 2.39. The number of para-hydroxylation sites is 1. The lowest BCUT2D eigenvalue weighted by Crippen LogP contribution is -2.19. The molecule has 2 aromatic carbocycles. The monoisotopic (exact) mass is 414 g/mol. The van der Waals surface area contributed by atoms with E-state index in [-0.39, 0.29) is 6.03 Å². The van der Waals surface area contributed by atoms with E-state index < -0.39 is 0 Å². The largest absolute Gasteiger partial charge is 0.325 e. The van der Waals surface area contributed by atoms with Crippen LogP contribution in [0.3, 0.4) is 0 Å². The molecule has 0 radical (unpaired) electrons. The van der Waals surface area contributed by atoms with Crippen LogP contribution < -0.4 is 10.6 Å². The van der Waals surface area contributed by atoms with Gasteiger partial charge in [0.15, 0.2) is 5.13 Å². The number of amides is 2. The molecule has 0 spiro atoms. The lowest BCUT2D eigenvalue weighted by Gasteiger charge is -2.06. The summed E-state index contributed by atoms with van der Waals surface area (Å²) in [4.78, 5) is 22.7. The Hall–Kier alpha value is -3.51. The number of aryl methyl sites for hydroxylation is 3. The molecule has 150 valence electrons. The van der Waals surface area contributed by atoms with Gasteiger partial charge in [-0.2, -0.15) is 0 Å². The van der Waals surface area contributed by atoms with Crippen LogP contribution in [0, 0.1) is 20.8 Å². The van der Waals surface area contributed by atoms with Crippen LogP contribution in [-0.4, -0.2) is 16.0 Å². The number of carbonyl (C=O) groups is 1. The summed E-state index contributed by atoms with van der Waals surface area (Å²) in [6, 6.07) is 21.3. The summed E-state index contributed by atoms with van der Waals surface area (Å²) in [7, 11) is 0. The van der Waals surface area contributed by atoms with Crippen LogP contribution in [0.1, 0.15) is 17.0 Å². The number of nitrogens with zero attached hydrogens (tertiary/aromatic N) is 2. The van der Waals surface area contributed by atoms with Gasteiger partial charge in [0.2, 0.25) is 0 Å². The summed E-state index contributed by atoms with van der Waals surface area (Å²) in [5.74, 6) is 0. The average molecular weight is 415 g/mol. The standard InChI is InChI=1S/C24H22N4OS/c1-15-8-7-9-18(12-15)21-22(19-13-16(2)25-17(3)14-19)30-24(27-21)28-23(29)26-20-10-5-4-6-11-20/h4-14H,1-3H3,(H2,26,27,28,29). The highest BCUT2D eigenvalue weighted by Gasteiger charge is 2.17. The number of hydrogen-bond donors (Lipinski definition) is 2. The van der Waals surface area contributed by atoms with Crippen molar-refractivity contribution in [2.45, 2.75) is 20.8 Å². The fourth-order valence-electron chi connectivity index (χ4n) is 3.30. The normalized spacial score (nSPS) is 10.6. The molecule has 2 aromatic heterocycles. The van der Waals surface area contributed by atoms with Gasteiger partial charge in [-0.25, -0.2) is 9.78 Å². The first kappa shape index (κ1) is 19.8. The first-order valence-corrected chi connectivity index (χ1v) is 10.5. The van der Waals surface area contributed by atoms with Crippen LogP contribution in [0.25, 0.3) is 21.7 Å². The number of hydrogen-bond acceptors (Lipinski definition) is 4. The smallest absolute Gasteiger partial charge is 0.308 e. The molecule has 0 saturated carbocycles. The second kappa shape index (κ2) is 8.47. The molecule has 0 aliphatic heterocycles. The quantitative estimate of drug-likeness (QED) is 0.404. The van der Waals surface area contributed by atoms with Gasteiger partial charge >= 0.3 is 6.03 Å². The number of anilines is 2. The maximum Gasteiger partial charge on any atom is 0.325 e. The summed E-state index contributed by atoms with van der Waals surface area (Å²) >= 11 is 1.46. The molecule has 0 aliphatic carbocycles. The van der Waals surface area contributed by atoms with Gasteiger partial charge in [0.1, 0.15) is 0 Å². The molecule has 4 aromatic rings. The third kappa shape index (κ3) is 4.55. The molecular weight excluding hydrogens is 392 g/mol. The molecule has 0 unspecified atom stereocenters. The van der Waals surface area contributed by atoms with Crippen LogP contribution in [-0.2, 0) is 0 Å². The van der Waals surface area contributed by atoms with Crippen molar-refractivity contribution in [1.29, 1.82) is 0 Å². The van der Waals surface area contributed by atoms with Crippen LogP contribution in [0.4, 0.5) is 15.6 Å². The van der Waals surface area contributed by atoms with Gasteiger partial charge in [-0.05, 0) is 56.7 Å². The SMILES string of the molecule is Cc1cccc(-c2nc(NC(=O)Nc3ccccc3)sc2-c2cc(C)nc(C)c2)c1. The highest BCUT2D eigenvalue weighted by atomic mass is 32.1. The maximum atomic E-state index is 12.5. The van der Waals surface area contributed by atoms with Crippen molar-refractivity contribution < 1.29 is 4.79 Å². The molecule has 30 heavy (non-hydrogen) atoms. The summed E-state index contributed by atoms with van der Waals surface area (Å²) in [5, 5.41) is 6.25. The van der Waals surface area contributed by atoms with Gasteiger partial charge in [0.25, 0.3) is 0 Å². The van der Waals surface area contributed by atoms with E-state index in [1.54, 1.807) is 0 Å². The zero-order valence-corrected chi connectivity index (χ0v) is 17.9. The minimum atomic E-state index is -0.320. The van der Waals surface area contributed by atoms with E-state index in [2.05, 4.69) is 34.7 Å². The van der Waals surface area contributed by atoms with Gasteiger partial charge in [-0.15, -0.1) is 0 Å². The van der Waals surface area contributed by atoms with E-state index in [9.17, 15) is 4.79 Å². The number of benzene rings is 2. The Bertz CT molecular complexity index is 1180. The predicted molar refractivity (Wildman–Crippen MR) is 124 cm³/mol. The summed E-state index contributed by atoms with van der Waals surface area (Å²) in [6.45, 7) is 6.02.